The molecule has 126 valence electrons. The van der Waals surface area contributed by atoms with Crippen molar-refractivity contribution in [2.45, 2.75) is 42.2 Å². The summed E-state index contributed by atoms with van der Waals surface area (Å²) in [5.74, 6) is 0.791. The number of thioether (sulfide) groups is 1. The molecule has 5 nitrogen and oxygen atoms in total. The van der Waals surface area contributed by atoms with Crippen molar-refractivity contribution in [3.63, 3.8) is 0 Å². The fourth-order valence-electron chi connectivity index (χ4n) is 3.36. The number of nitrogens with zero attached hydrogens (tertiary/aromatic N) is 2. The molecule has 1 amide bonds. The quantitative estimate of drug-likeness (QED) is 0.780. The predicted octanol–water partition coefficient (Wildman–Crippen LogP) is 2.38. The number of amides is 1. The van der Waals surface area contributed by atoms with E-state index in [1.54, 1.807) is 22.9 Å². The molecule has 0 atom stereocenters. The smallest absolute Gasteiger partial charge is 0.273 e. The summed E-state index contributed by atoms with van der Waals surface area (Å²) in [5.41, 5.74) is 0.446. The van der Waals surface area contributed by atoms with Crippen molar-refractivity contribution in [2.75, 3.05) is 24.6 Å². The van der Waals surface area contributed by atoms with E-state index in [-0.39, 0.29) is 18.2 Å². The Kier molecular flexibility index (Phi) is 4.69. The van der Waals surface area contributed by atoms with E-state index in [9.17, 15) is 13.2 Å². The number of hydrogen-bond donors (Lipinski definition) is 0. The van der Waals surface area contributed by atoms with E-state index in [0.717, 1.165) is 29.9 Å². The Morgan fingerprint density at radius 1 is 1.35 bits per heavy atom. The van der Waals surface area contributed by atoms with Gasteiger partial charge in [0, 0.05) is 24.2 Å². The Morgan fingerprint density at radius 3 is 2.78 bits per heavy atom. The molecule has 1 aliphatic heterocycles. The number of hydrogen-bond acceptors (Lipinski definition) is 5. The number of aromatic nitrogens is 1. The molecular formula is C16H22N2O3S2. The first-order chi connectivity index (χ1) is 11.0. The second-order valence-electron chi connectivity index (χ2n) is 6.18. The molecule has 1 saturated heterocycles. The third kappa shape index (κ3) is 3.01. The van der Waals surface area contributed by atoms with Crippen LogP contribution in [0, 0.1) is 0 Å². The maximum Gasteiger partial charge on any atom is 0.273 e. The molecule has 1 spiro atoms. The lowest BCUT2D eigenvalue weighted by atomic mass is 9.81. The second kappa shape index (κ2) is 6.43. The Balaban J connectivity index is 1.82. The monoisotopic (exact) mass is 354 g/mol. The van der Waals surface area contributed by atoms with Gasteiger partial charge in [0.1, 0.15) is 5.69 Å². The lowest BCUT2D eigenvalue weighted by Crippen LogP contribution is -2.46. The second-order valence-corrected chi connectivity index (χ2v) is 9.99. The molecule has 2 fully saturated rings. The van der Waals surface area contributed by atoms with Crippen LogP contribution in [0.4, 0.5) is 0 Å². The molecule has 2 heterocycles. The molecule has 2 aliphatic rings. The SMILES string of the molecule is CCSc1cccnc1C(=O)N1CCC2(CCC2)S(=O)(=O)CC1. The highest BCUT2D eigenvalue weighted by Gasteiger charge is 2.50. The molecule has 0 bridgehead atoms. The number of sulfone groups is 1. The van der Waals surface area contributed by atoms with E-state index >= 15 is 0 Å². The minimum absolute atomic E-state index is 0.0713. The minimum atomic E-state index is -3.11. The summed E-state index contributed by atoms with van der Waals surface area (Å²) in [5, 5.41) is 0. The van der Waals surface area contributed by atoms with Crippen LogP contribution in [0.25, 0.3) is 0 Å². The zero-order valence-corrected chi connectivity index (χ0v) is 15.0. The van der Waals surface area contributed by atoms with Crippen LogP contribution in [0.5, 0.6) is 0 Å². The predicted molar refractivity (Wildman–Crippen MR) is 91.5 cm³/mol. The van der Waals surface area contributed by atoms with Crippen molar-refractivity contribution in [3.05, 3.63) is 24.0 Å². The lowest BCUT2D eigenvalue weighted by Gasteiger charge is -2.39. The van der Waals surface area contributed by atoms with Crippen molar-refractivity contribution in [3.8, 4) is 0 Å². The largest absolute Gasteiger partial charge is 0.336 e. The fraction of sp³-hybridized carbons (Fsp3) is 0.625. The highest BCUT2D eigenvalue weighted by molar-refractivity contribution is 7.99. The zero-order valence-electron chi connectivity index (χ0n) is 13.3. The third-order valence-electron chi connectivity index (χ3n) is 4.95. The fourth-order valence-corrected chi connectivity index (χ4v) is 6.33. The number of rotatable bonds is 3. The van der Waals surface area contributed by atoms with Crippen LogP contribution in [-0.4, -0.2) is 53.6 Å². The van der Waals surface area contributed by atoms with Crippen molar-refractivity contribution >= 4 is 27.5 Å². The molecule has 0 aromatic carbocycles. The average Bonchev–Trinajstić information content (AvgIpc) is 2.63. The lowest BCUT2D eigenvalue weighted by molar-refractivity contribution is 0.0749. The molecular weight excluding hydrogens is 332 g/mol. The Hall–Kier alpha value is -1.08. The summed E-state index contributed by atoms with van der Waals surface area (Å²) < 4.78 is 24.5. The van der Waals surface area contributed by atoms with Gasteiger partial charge in [-0.3, -0.25) is 4.79 Å². The number of carbonyl (C=O) groups excluding carboxylic acids is 1. The summed E-state index contributed by atoms with van der Waals surface area (Å²) >= 11 is 1.59. The van der Waals surface area contributed by atoms with Crippen LogP contribution in [-0.2, 0) is 9.84 Å². The Morgan fingerprint density at radius 2 is 2.13 bits per heavy atom. The van der Waals surface area contributed by atoms with Gasteiger partial charge in [-0.15, -0.1) is 11.8 Å². The van der Waals surface area contributed by atoms with E-state index < -0.39 is 14.6 Å². The Labute approximate surface area is 141 Å². The van der Waals surface area contributed by atoms with Gasteiger partial charge in [0.15, 0.2) is 9.84 Å². The molecule has 0 radical (unpaired) electrons. The van der Waals surface area contributed by atoms with E-state index in [2.05, 4.69) is 4.98 Å². The minimum Gasteiger partial charge on any atom is -0.336 e. The van der Waals surface area contributed by atoms with E-state index in [1.165, 1.54) is 0 Å². The van der Waals surface area contributed by atoms with Gasteiger partial charge in [-0.1, -0.05) is 13.3 Å². The van der Waals surface area contributed by atoms with E-state index in [4.69, 9.17) is 0 Å². The highest BCUT2D eigenvalue weighted by atomic mass is 32.2. The van der Waals surface area contributed by atoms with Crippen LogP contribution >= 0.6 is 11.8 Å². The molecule has 1 aliphatic carbocycles. The van der Waals surface area contributed by atoms with E-state index in [0.29, 0.717) is 18.7 Å². The van der Waals surface area contributed by atoms with E-state index in [1.807, 2.05) is 19.1 Å². The Bertz CT molecular complexity index is 699. The molecule has 1 saturated carbocycles. The molecule has 1 aromatic heterocycles. The molecule has 23 heavy (non-hydrogen) atoms. The van der Waals surface area contributed by atoms with Gasteiger partial charge in [-0.05, 0) is 37.1 Å². The van der Waals surface area contributed by atoms with Gasteiger partial charge < -0.3 is 4.90 Å². The summed E-state index contributed by atoms with van der Waals surface area (Å²) in [6.07, 6.45) is 4.65. The maximum atomic E-state index is 12.8. The standard InChI is InChI=1S/C16H22N2O3S2/c1-2-22-13-5-3-9-17-14(13)15(19)18-10-8-16(6-4-7-16)23(20,21)12-11-18/h3,5,9H,2,4,6-8,10-12H2,1H3. The van der Waals surface area contributed by atoms with Crippen LogP contribution in [0.15, 0.2) is 23.2 Å². The van der Waals surface area contributed by atoms with Crippen LogP contribution < -0.4 is 0 Å². The molecule has 7 heteroatoms. The highest BCUT2D eigenvalue weighted by Crippen LogP contribution is 2.44. The topological polar surface area (TPSA) is 67.3 Å². The van der Waals surface area contributed by atoms with Crippen LogP contribution in [0.1, 0.15) is 43.1 Å². The van der Waals surface area contributed by atoms with Gasteiger partial charge in [-0.2, -0.15) is 0 Å². The summed E-state index contributed by atoms with van der Waals surface area (Å²) in [6, 6.07) is 3.72. The molecule has 0 N–H and O–H groups in total. The molecule has 0 unspecified atom stereocenters. The van der Waals surface area contributed by atoms with Gasteiger partial charge in [0.25, 0.3) is 5.91 Å². The first-order valence-electron chi connectivity index (χ1n) is 8.08. The summed E-state index contributed by atoms with van der Waals surface area (Å²) in [7, 11) is -3.11. The van der Waals surface area contributed by atoms with Crippen molar-refractivity contribution < 1.29 is 13.2 Å². The molecule has 1 aromatic rings. The van der Waals surface area contributed by atoms with Crippen molar-refractivity contribution in [1.29, 1.82) is 0 Å². The van der Waals surface area contributed by atoms with Crippen LogP contribution in [0.3, 0.4) is 0 Å². The number of carbonyl (C=O) groups is 1. The molecule has 3 rings (SSSR count). The van der Waals surface area contributed by atoms with Crippen molar-refractivity contribution in [1.82, 2.24) is 9.88 Å². The summed E-state index contributed by atoms with van der Waals surface area (Å²) in [4.78, 5) is 19.6. The number of pyridine rings is 1. The normalized spacial score (nSPS) is 22.4. The summed E-state index contributed by atoms with van der Waals surface area (Å²) in [6.45, 7) is 2.81. The maximum absolute atomic E-state index is 12.8. The van der Waals surface area contributed by atoms with Crippen LogP contribution in [0.2, 0.25) is 0 Å². The average molecular weight is 354 g/mol. The van der Waals surface area contributed by atoms with Gasteiger partial charge in [-0.25, -0.2) is 13.4 Å². The zero-order chi connectivity index (χ0) is 16.5. The van der Waals surface area contributed by atoms with Gasteiger partial charge >= 0.3 is 0 Å². The third-order valence-corrected chi connectivity index (χ3v) is 8.53. The van der Waals surface area contributed by atoms with Gasteiger partial charge in [0.2, 0.25) is 0 Å². The first kappa shape index (κ1) is 16.8. The van der Waals surface area contributed by atoms with Crippen molar-refractivity contribution in [2.24, 2.45) is 0 Å². The first-order valence-corrected chi connectivity index (χ1v) is 10.7. The van der Waals surface area contributed by atoms with Gasteiger partial charge in [0.05, 0.1) is 10.5 Å².